The molecule has 0 spiro atoms. The molecule has 2 nitrogen and oxygen atoms in total. The topological polar surface area (TPSA) is 29.1 Å². The van der Waals surface area contributed by atoms with Crippen LogP contribution in [-0.2, 0) is 4.79 Å². The Morgan fingerprint density at radius 1 is 1.67 bits per heavy atom. The van der Waals surface area contributed by atoms with E-state index >= 15 is 0 Å². The van der Waals surface area contributed by atoms with Crippen molar-refractivity contribution in [1.82, 2.24) is 5.32 Å². The monoisotopic (exact) mass is 341 g/mol. The molecule has 0 aromatic rings. The van der Waals surface area contributed by atoms with Crippen LogP contribution in [0.15, 0.2) is 0 Å². The van der Waals surface area contributed by atoms with E-state index in [9.17, 15) is 4.79 Å². The third kappa shape index (κ3) is 3.60. The van der Waals surface area contributed by atoms with Crippen molar-refractivity contribution in [1.29, 1.82) is 0 Å². The molecule has 4 heteroatoms. The lowest BCUT2D eigenvalue weighted by molar-refractivity contribution is -0.107. The standard InChI is InChI=1S/C11H20INOS/c1-3-9(6-12)10-7-15-8(2)11(10)13-4-5-14/h5,8-11,13H,3-4,6-7H2,1-2H3. The van der Waals surface area contributed by atoms with Gasteiger partial charge in [0.1, 0.15) is 6.29 Å². The Balaban J connectivity index is 2.57. The Kier molecular flexibility index (Phi) is 6.54. The molecule has 88 valence electrons. The van der Waals surface area contributed by atoms with E-state index < -0.39 is 0 Å². The first kappa shape index (κ1) is 13.8. The molecule has 0 amide bonds. The van der Waals surface area contributed by atoms with Crippen LogP contribution in [0.5, 0.6) is 0 Å². The zero-order valence-electron chi connectivity index (χ0n) is 9.41. The maximum atomic E-state index is 10.4. The number of carbonyl (C=O) groups excluding carboxylic acids is 1. The zero-order chi connectivity index (χ0) is 11.3. The van der Waals surface area contributed by atoms with Gasteiger partial charge in [-0.25, -0.2) is 0 Å². The largest absolute Gasteiger partial charge is 0.306 e. The average molecular weight is 341 g/mol. The van der Waals surface area contributed by atoms with Crippen LogP contribution >= 0.6 is 34.4 Å². The lowest BCUT2D eigenvalue weighted by Crippen LogP contribution is -2.43. The molecule has 0 aromatic carbocycles. The Bertz CT molecular complexity index is 199. The highest BCUT2D eigenvalue weighted by molar-refractivity contribution is 14.1. The van der Waals surface area contributed by atoms with Gasteiger partial charge in [-0.15, -0.1) is 0 Å². The highest BCUT2D eigenvalue weighted by Gasteiger charge is 2.37. The Labute approximate surface area is 110 Å². The number of hydrogen-bond donors (Lipinski definition) is 1. The molecule has 1 saturated heterocycles. The first-order valence-corrected chi connectivity index (χ1v) is 8.16. The predicted octanol–water partition coefficient (Wildman–Crippen LogP) is 2.36. The van der Waals surface area contributed by atoms with Gasteiger partial charge in [-0.3, -0.25) is 0 Å². The molecule has 0 saturated carbocycles. The van der Waals surface area contributed by atoms with E-state index in [2.05, 4.69) is 41.8 Å². The molecule has 1 aliphatic heterocycles. The van der Waals surface area contributed by atoms with E-state index in [1.165, 1.54) is 16.6 Å². The maximum absolute atomic E-state index is 10.4. The summed E-state index contributed by atoms with van der Waals surface area (Å²) in [6.07, 6.45) is 2.22. The van der Waals surface area contributed by atoms with E-state index in [4.69, 9.17) is 0 Å². The van der Waals surface area contributed by atoms with E-state index in [1.54, 1.807) is 0 Å². The van der Waals surface area contributed by atoms with Crippen molar-refractivity contribution >= 4 is 40.6 Å². The zero-order valence-corrected chi connectivity index (χ0v) is 12.4. The first-order valence-electron chi connectivity index (χ1n) is 5.59. The molecule has 15 heavy (non-hydrogen) atoms. The van der Waals surface area contributed by atoms with Crippen LogP contribution in [0.4, 0.5) is 0 Å². The van der Waals surface area contributed by atoms with Gasteiger partial charge >= 0.3 is 0 Å². The van der Waals surface area contributed by atoms with Gasteiger partial charge in [0.2, 0.25) is 0 Å². The van der Waals surface area contributed by atoms with Crippen molar-refractivity contribution in [3.8, 4) is 0 Å². The molecule has 1 heterocycles. The highest BCUT2D eigenvalue weighted by atomic mass is 127. The second-order valence-corrected chi connectivity index (χ2v) is 6.42. The summed E-state index contributed by atoms with van der Waals surface area (Å²) in [7, 11) is 0. The average Bonchev–Trinajstić information content (AvgIpc) is 2.60. The molecule has 1 aliphatic rings. The van der Waals surface area contributed by atoms with E-state index in [0.29, 0.717) is 17.8 Å². The summed E-state index contributed by atoms with van der Waals surface area (Å²) in [5, 5.41) is 4.03. The first-order chi connectivity index (χ1) is 7.24. The van der Waals surface area contributed by atoms with Crippen LogP contribution in [0.1, 0.15) is 20.3 Å². The van der Waals surface area contributed by atoms with E-state index in [0.717, 1.165) is 18.1 Å². The number of alkyl halides is 1. The molecule has 0 aliphatic carbocycles. The lowest BCUT2D eigenvalue weighted by atomic mass is 9.86. The minimum absolute atomic E-state index is 0.504. The Morgan fingerprint density at radius 2 is 2.40 bits per heavy atom. The third-order valence-electron chi connectivity index (χ3n) is 3.28. The molecular weight excluding hydrogens is 321 g/mol. The second-order valence-electron chi connectivity index (χ2n) is 4.13. The van der Waals surface area contributed by atoms with Crippen LogP contribution in [0.25, 0.3) is 0 Å². The molecule has 0 bridgehead atoms. The molecule has 4 atom stereocenters. The number of thioether (sulfide) groups is 1. The fourth-order valence-corrected chi connectivity index (χ4v) is 5.06. The van der Waals surface area contributed by atoms with Gasteiger partial charge in [0.15, 0.2) is 0 Å². The summed E-state index contributed by atoms with van der Waals surface area (Å²) < 4.78 is 1.23. The molecule has 1 N–H and O–H groups in total. The van der Waals surface area contributed by atoms with Gasteiger partial charge in [0.25, 0.3) is 0 Å². The van der Waals surface area contributed by atoms with Crippen molar-refractivity contribution in [3.05, 3.63) is 0 Å². The molecule has 0 aromatic heterocycles. The van der Waals surface area contributed by atoms with Crippen LogP contribution < -0.4 is 5.32 Å². The van der Waals surface area contributed by atoms with Gasteiger partial charge in [-0.2, -0.15) is 11.8 Å². The van der Waals surface area contributed by atoms with Gasteiger partial charge in [0, 0.05) is 15.7 Å². The normalized spacial score (nSPS) is 32.9. The number of carbonyl (C=O) groups is 1. The van der Waals surface area contributed by atoms with Gasteiger partial charge in [0.05, 0.1) is 6.54 Å². The number of aldehydes is 1. The minimum Gasteiger partial charge on any atom is -0.306 e. The van der Waals surface area contributed by atoms with Crippen molar-refractivity contribution in [2.75, 3.05) is 16.7 Å². The summed E-state index contributed by atoms with van der Waals surface area (Å²) >= 11 is 4.53. The summed E-state index contributed by atoms with van der Waals surface area (Å²) in [6, 6.07) is 0.528. The fraction of sp³-hybridized carbons (Fsp3) is 0.909. The molecular formula is C11H20INOS. The minimum atomic E-state index is 0.504. The SMILES string of the molecule is CCC(CI)C1CSC(C)C1NCC=O. The van der Waals surface area contributed by atoms with Gasteiger partial charge in [-0.1, -0.05) is 42.9 Å². The summed E-state index contributed by atoms with van der Waals surface area (Å²) in [5.74, 6) is 2.79. The van der Waals surface area contributed by atoms with Crippen molar-refractivity contribution < 1.29 is 4.79 Å². The fourth-order valence-electron chi connectivity index (χ4n) is 2.28. The number of halogens is 1. The summed E-state index contributed by atoms with van der Waals surface area (Å²) in [6.45, 7) is 5.05. The van der Waals surface area contributed by atoms with Crippen molar-refractivity contribution in [2.24, 2.45) is 11.8 Å². The highest BCUT2D eigenvalue weighted by Crippen LogP contribution is 2.37. The number of nitrogens with one attached hydrogen (secondary N) is 1. The number of rotatable bonds is 6. The maximum Gasteiger partial charge on any atom is 0.133 e. The van der Waals surface area contributed by atoms with Crippen molar-refractivity contribution in [3.63, 3.8) is 0 Å². The summed E-state index contributed by atoms with van der Waals surface area (Å²) in [4.78, 5) is 10.4. The molecule has 1 fully saturated rings. The van der Waals surface area contributed by atoms with Crippen LogP contribution in [-0.4, -0.2) is 34.3 Å². The van der Waals surface area contributed by atoms with Gasteiger partial charge in [-0.05, 0) is 17.6 Å². The van der Waals surface area contributed by atoms with Gasteiger partial charge < -0.3 is 10.1 Å². The Hall–Kier alpha value is 0.710. The van der Waals surface area contributed by atoms with Crippen LogP contribution in [0.3, 0.4) is 0 Å². The smallest absolute Gasteiger partial charge is 0.133 e. The molecule has 1 rings (SSSR count). The predicted molar refractivity (Wildman–Crippen MR) is 75.9 cm³/mol. The summed E-state index contributed by atoms with van der Waals surface area (Å²) in [5.41, 5.74) is 0. The van der Waals surface area contributed by atoms with Crippen LogP contribution in [0, 0.1) is 11.8 Å². The van der Waals surface area contributed by atoms with Crippen molar-refractivity contribution in [2.45, 2.75) is 31.6 Å². The Morgan fingerprint density at radius 3 is 2.93 bits per heavy atom. The molecule has 4 unspecified atom stereocenters. The lowest BCUT2D eigenvalue weighted by Gasteiger charge is -2.28. The van der Waals surface area contributed by atoms with E-state index in [-0.39, 0.29) is 0 Å². The quantitative estimate of drug-likeness (QED) is 0.457. The van der Waals surface area contributed by atoms with E-state index in [1.807, 2.05) is 11.8 Å². The molecule has 0 radical (unpaired) electrons. The number of hydrogen-bond acceptors (Lipinski definition) is 3. The second kappa shape index (κ2) is 7.12. The third-order valence-corrected chi connectivity index (χ3v) is 5.81. The van der Waals surface area contributed by atoms with Crippen LogP contribution in [0.2, 0.25) is 0 Å².